The Hall–Kier alpha value is -3.09. The summed E-state index contributed by atoms with van der Waals surface area (Å²) in [5.41, 5.74) is 3.12. The van der Waals surface area contributed by atoms with Gasteiger partial charge in [0.2, 0.25) is 0 Å². The molecule has 146 valence electrons. The molecule has 2 aromatic heterocycles. The Labute approximate surface area is 163 Å². The molecule has 1 amide bonds. The molecule has 1 aliphatic heterocycles. The molecule has 4 rings (SSSR count). The highest BCUT2D eigenvalue weighted by atomic mass is 16.6. The molecule has 0 saturated heterocycles. The molecule has 0 spiro atoms. The number of hydrogen-bond donors (Lipinski definition) is 1. The number of nitrogens with one attached hydrogen (secondary N) is 1. The lowest BCUT2D eigenvalue weighted by atomic mass is 9.95. The van der Waals surface area contributed by atoms with Crippen LogP contribution in [0.5, 0.6) is 11.5 Å². The minimum absolute atomic E-state index is 0.158. The van der Waals surface area contributed by atoms with Gasteiger partial charge in [-0.2, -0.15) is 5.10 Å². The van der Waals surface area contributed by atoms with Crippen LogP contribution in [-0.2, 0) is 7.05 Å². The summed E-state index contributed by atoms with van der Waals surface area (Å²) in [6.45, 7) is 7.16. The van der Waals surface area contributed by atoms with Crippen LogP contribution in [0.4, 0.5) is 0 Å². The van der Waals surface area contributed by atoms with Crippen LogP contribution in [0.25, 0.3) is 11.0 Å². The first kappa shape index (κ1) is 18.3. The zero-order chi connectivity index (χ0) is 19.8. The second-order valence-corrected chi connectivity index (χ2v) is 7.40. The van der Waals surface area contributed by atoms with E-state index in [0.717, 1.165) is 33.8 Å². The number of benzene rings is 1. The van der Waals surface area contributed by atoms with Crippen LogP contribution in [0, 0.1) is 12.8 Å². The fourth-order valence-electron chi connectivity index (χ4n) is 3.54. The van der Waals surface area contributed by atoms with Gasteiger partial charge in [-0.3, -0.25) is 9.48 Å². The maximum atomic E-state index is 12.9. The standard InChI is InChI=1S/C21H24N4O3/c1-12(2)19(14-5-6-17-18(10-14)28-8-7-27-17)23-21(26)15-9-16-13(3)24-25(4)20(16)22-11-15/h5-6,9-12,19H,7-8H2,1-4H3,(H,23,26). The number of rotatable bonds is 4. The third kappa shape index (κ3) is 3.28. The Morgan fingerprint density at radius 2 is 1.93 bits per heavy atom. The van der Waals surface area contributed by atoms with E-state index in [9.17, 15) is 4.79 Å². The number of nitrogens with zero attached hydrogens (tertiary/aromatic N) is 3. The van der Waals surface area contributed by atoms with E-state index in [0.29, 0.717) is 18.8 Å². The first-order valence-corrected chi connectivity index (χ1v) is 9.44. The van der Waals surface area contributed by atoms with Crippen LogP contribution in [0.1, 0.15) is 41.5 Å². The van der Waals surface area contributed by atoms with Crippen molar-refractivity contribution in [3.05, 3.63) is 47.3 Å². The van der Waals surface area contributed by atoms with Crippen molar-refractivity contribution in [1.82, 2.24) is 20.1 Å². The molecule has 7 nitrogen and oxygen atoms in total. The van der Waals surface area contributed by atoms with E-state index in [4.69, 9.17) is 9.47 Å². The fraction of sp³-hybridized carbons (Fsp3) is 0.381. The molecule has 1 N–H and O–H groups in total. The molecule has 1 aliphatic rings. The number of aromatic nitrogens is 3. The van der Waals surface area contributed by atoms with E-state index in [1.54, 1.807) is 10.9 Å². The zero-order valence-electron chi connectivity index (χ0n) is 16.5. The quantitative estimate of drug-likeness (QED) is 0.752. The van der Waals surface area contributed by atoms with Crippen molar-refractivity contribution < 1.29 is 14.3 Å². The molecule has 1 aromatic carbocycles. The van der Waals surface area contributed by atoms with Gasteiger partial charge >= 0.3 is 0 Å². The predicted octanol–water partition coefficient (Wildman–Crippen LogP) is 3.18. The molecule has 0 saturated carbocycles. The highest BCUT2D eigenvalue weighted by molar-refractivity contribution is 5.97. The lowest BCUT2D eigenvalue weighted by Crippen LogP contribution is -2.32. The maximum Gasteiger partial charge on any atom is 0.253 e. The number of fused-ring (bicyclic) bond motifs is 2. The molecular weight excluding hydrogens is 356 g/mol. The van der Waals surface area contributed by atoms with Gasteiger partial charge in [-0.25, -0.2) is 4.98 Å². The summed E-state index contributed by atoms with van der Waals surface area (Å²) in [5, 5.41) is 8.39. The fourth-order valence-corrected chi connectivity index (χ4v) is 3.54. The largest absolute Gasteiger partial charge is 0.486 e. The Kier molecular flexibility index (Phi) is 4.66. The molecule has 3 aromatic rings. The molecule has 28 heavy (non-hydrogen) atoms. The lowest BCUT2D eigenvalue weighted by Gasteiger charge is -2.25. The second kappa shape index (κ2) is 7.14. The van der Waals surface area contributed by atoms with Crippen molar-refractivity contribution in [2.24, 2.45) is 13.0 Å². The summed E-state index contributed by atoms with van der Waals surface area (Å²) < 4.78 is 13.0. The Morgan fingerprint density at radius 1 is 1.18 bits per heavy atom. The topological polar surface area (TPSA) is 78.3 Å². The van der Waals surface area contributed by atoms with E-state index >= 15 is 0 Å². The number of hydrogen-bond acceptors (Lipinski definition) is 5. The molecule has 0 fully saturated rings. The van der Waals surface area contributed by atoms with Crippen LogP contribution in [-0.4, -0.2) is 33.9 Å². The molecule has 3 heterocycles. The summed E-state index contributed by atoms with van der Waals surface area (Å²) in [6, 6.07) is 7.52. The summed E-state index contributed by atoms with van der Waals surface area (Å²) in [5.74, 6) is 1.50. The van der Waals surface area contributed by atoms with Crippen molar-refractivity contribution in [3.63, 3.8) is 0 Å². The number of pyridine rings is 1. The van der Waals surface area contributed by atoms with Crippen LogP contribution < -0.4 is 14.8 Å². The molecule has 7 heteroatoms. The number of ether oxygens (including phenoxy) is 2. The highest BCUT2D eigenvalue weighted by Gasteiger charge is 2.22. The molecule has 0 aliphatic carbocycles. The summed E-state index contributed by atoms with van der Waals surface area (Å²) in [4.78, 5) is 17.4. The van der Waals surface area contributed by atoms with E-state index in [-0.39, 0.29) is 17.9 Å². The number of amides is 1. The summed E-state index contributed by atoms with van der Waals surface area (Å²) in [7, 11) is 1.85. The van der Waals surface area contributed by atoms with E-state index in [2.05, 4.69) is 29.2 Å². The van der Waals surface area contributed by atoms with Crippen molar-refractivity contribution in [1.29, 1.82) is 0 Å². The van der Waals surface area contributed by atoms with Gasteiger partial charge in [-0.05, 0) is 36.6 Å². The van der Waals surface area contributed by atoms with E-state index in [1.807, 2.05) is 38.2 Å². The lowest BCUT2D eigenvalue weighted by molar-refractivity contribution is 0.0925. The van der Waals surface area contributed by atoms with Crippen molar-refractivity contribution in [2.45, 2.75) is 26.8 Å². The average molecular weight is 380 g/mol. The van der Waals surface area contributed by atoms with Crippen molar-refractivity contribution >= 4 is 16.9 Å². The molecule has 0 bridgehead atoms. The van der Waals surface area contributed by atoms with E-state index in [1.165, 1.54) is 0 Å². The SMILES string of the molecule is Cc1nn(C)c2ncc(C(=O)NC(c3ccc4c(c3)OCCO4)C(C)C)cc12. The summed E-state index contributed by atoms with van der Waals surface area (Å²) in [6.07, 6.45) is 1.60. The number of aryl methyl sites for hydroxylation is 2. The van der Waals surface area contributed by atoms with Crippen LogP contribution >= 0.6 is 0 Å². The Morgan fingerprint density at radius 3 is 2.68 bits per heavy atom. The van der Waals surface area contributed by atoms with Gasteiger partial charge in [0.15, 0.2) is 17.1 Å². The zero-order valence-corrected chi connectivity index (χ0v) is 16.5. The normalized spacial score (nSPS) is 14.3. The van der Waals surface area contributed by atoms with Crippen molar-refractivity contribution in [2.75, 3.05) is 13.2 Å². The molecule has 0 radical (unpaired) electrons. The average Bonchev–Trinajstić information content (AvgIpc) is 2.98. The Balaban J connectivity index is 1.61. The maximum absolute atomic E-state index is 12.9. The van der Waals surface area contributed by atoms with Gasteiger partial charge in [0.1, 0.15) is 13.2 Å². The summed E-state index contributed by atoms with van der Waals surface area (Å²) >= 11 is 0. The predicted molar refractivity (Wildman–Crippen MR) is 106 cm³/mol. The van der Waals surface area contributed by atoms with Crippen molar-refractivity contribution in [3.8, 4) is 11.5 Å². The third-order valence-electron chi connectivity index (χ3n) is 5.00. The van der Waals surface area contributed by atoms with Gasteiger partial charge < -0.3 is 14.8 Å². The minimum atomic E-state index is -0.161. The van der Waals surface area contributed by atoms with Gasteiger partial charge in [0.25, 0.3) is 5.91 Å². The van der Waals surface area contributed by atoms with E-state index < -0.39 is 0 Å². The van der Waals surface area contributed by atoms with Gasteiger partial charge in [-0.15, -0.1) is 0 Å². The molecule has 1 unspecified atom stereocenters. The smallest absolute Gasteiger partial charge is 0.253 e. The number of carbonyl (C=O) groups excluding carboxylic acids is 1. The first-order valence-electron chi connectivity index (χ1n) is 9.44. The minimum Gasteiger partial charge on any atom is -0.486 e. The first-order chi connectivity index (χ1) is 13.4. The molecular formula is C21H24N4O3. The second-order valence-electron chi connectivity index (χ2n) is 7.40. The highest BCUT2D eigenvalue weighted by Crippen LogP contribution is 2.34. The van der Waals surface area contributed by atoms with Crippen LogP contribution in [0.2, 0.25) is 0 Å². The third-order valence-corrected chi connectivity index (χ3v) is 5.00. The van der Waals surface area contributed by atoms with Crippen LogP contribution in [0.3, 0.4) is 0 Å². The van der Waals surface area contributed by atoms with Gasteiger partial charge in [0, 0.05) is 18.6 Å². The van der Waals surface area contributed by atoms with Gasteiger partial charge in [-0.1, -0.05) is 19.9 Å². The Bertz CT molecular complexity index is 1040. The van der Waals surface area contributed by atoms with Gasteiger partial charge in [0.05, 0.1) is 17.3 Å². The monoisotopic (exact) mass is 380 g/mol. The molecule has 1 atom stereocenters. The number of carbonyl (C=O) groups is 1. The van der Waals surface area contributed by atoms with Crippen LogP contribution in [0.15, 0.2) is 30.5 Å².